The molecule has 2 fully saturated rings. The molecule has 28 heavy (non-hydrogen) atoms. The zero-order chi connectivity index (χ0) is 19.8. The molecule has 150 valence electrons. The van der Waals surface area contributed by atoms with Gasteiger partial charge in [0.1, 0.15) is 24.4 Å². The molecule has 6 nitrogen and oxygen atoms in total. The van der Waals surface area contributed by atoms with Crippen LogP contribution >= 0.6 is 23.2 Å². The molecule has 0 saturated carbocycles. The van der Waals surface area contributed by atoms with E-state index in [1.54, 1.807) is 48.5 Å². The number of halogens is 2. The van der Waals surface area contributed by atoms with Crippen molar-refractivity contribution in [1.29, 1.82) is 0 Å². The lowest BCUT2D eigenvalue weighted by atomic mass is 10.0. The molecule has 2 aliphatic heterocycles. The lowest BCUT2D eigenvalue weighted by Gasteiger charge is -2.39. The van der Waals surface area contributed by atoms with Crippen molar-refractivity contribution < 1.29 is 29.2 Å². The van der Waals surface area contributed by atoms with Crippen molar-refractivity contribution in [2.24, 2.45) is 0 Å². The van der Waals surface area contributed by atoms with E-state index in [2.05, 4.69) is 0 Å². The third-order valence-corrected chi connectivity index (χ3v) is 5.63. The molecule has 2 aliphatic rings. The summed E-state index contributed by atoms with van der Waals surface area (Å²) in [5.41, 5.74) is 1.06. The highest BCUT2D eigenvalue weighted by molar-refractivity contribution is 6.22. The van der Waals surface area contributed by atoms with Crippen molar-refractivity contribution in [1.82, 2.24) is 0 Å². The first-order valence-corrected chi connectivity index (χ1v) is 9.65. The smallest absolute Gasteiger partial charge is 0.276 e. The van der Waals surface area contributed by atoms with E-state index in [1.165, 1.54) is 0 Å². The van der Waals surface area contributed by atoms with E-state index in [0.29, 0.717) is 11.1 Å². The predicted octanol–water partition coefficient (Wildman–Crippen LogP) is 2.64. The Hall–Kier alpha value is -1.22. The summed E-state index contributed by atoms with van der Waals surface area (Å²) in [6, 6.07) is 17.7. The highest BCUT2D eigenvalue weighted by Gasteiger charge is 2.51. The Morgan fingerprint density at radius 2 is 1.25 bits per heavy atom. The van der Waals surface area contributed by atoms with Crippen LogP contribution in [0.25, 0.3) is 0 Å². The van der Waals surface area contributed by atoms with Gasteiger partial charge in [0, 0.05) is 11.1 Å². The van der Waals surface area contributed by atoms with Crippen LogP contribution in [0.1, 0.15) is 11.1 Å². The fourth-order valence-electron chi connectivity index (χ4n) is 3.28. The monoisotopic (exact) mass is 426 g/mol. The summed E-state index contributed by atoms with van der Waals surface area (Å²) >= 11 is 13.2. The number of hydrogen-bond acceptors (Lipinski definition) is 6. The van der Waals surface area contributed by atoms with Gasteiger partial charge in [-0.25, -0.2) is 0 Å². The minimum absolute atomic E-state index is 0.132. The summed E-state index contributed by atoms with van der Waals surface area (Å²) in [6.45, 7) is -0.373. The first kappa shape index (κ1) is 20.1. The van der Waals surface area contributed by atoms with Crippen molar-refractivity contribution in [2.45, 2.75) is 34.9 Å². The van der Waals surface area contributed by atoms with Crippen LogP contribution in [0.2, 0.25) is 0 Å². The second kappa shape index (κ2) is 7.89. The average Bonchev–Trinajstić information content (AvgIpc) is 2.86. The zero-order valence-electron chi connectivity index (χ0n) is 14.8. The Morgan fingerprint density at radius 3 is 1.82 bits per heavy atom. The molecule has 0 aromatic heterocycles. The fourth-order valence-corrected chi connectivity index (χ4v) is 3.88. The second-order valence-electron chi connectivity index (χ2n) is 6.72. The van der Waals surface area contributed by atoms with Gasteiger partial charge in [-0.15, -0.1) is 0 Å². The first-order chi connectivity index (χ1) is 13.4. The van der Waals surface area contributed by atoms with Crippen molar-refractivity contribution in [3.05, 3.63) is 71.8 Å². The van der Waals surface area contributed by atoms with Crippen LogP contribution in [0.3, 0.4) is 0 Å². The van der Waals surface area contributed by atoms with Gasteiger partial charge in [-0.3, -0.25) is 0 Å². The van der Waals surface area contributed by atoms with Gasteiger partial charge in [0.15, 0.2) is 0 Å². The number of aliphatic hydroxyl groups excluding tert-OH is 2. The summed E-state index contributed by atoms with van der Waals surface area (Å²) < 4.78 is 23.2. The van der Waals surface area contributed by atoms with E-state index in [4.69, 9.17) is 42.1 Å². The Balaban J connectivity index is 1.67. The molecule has 0 radical (unpaired) electrons. The largest absolute Gasteiger partial charge is 0.388 e. The molecule has 4 rings (SSSR count). The molecule has 2 aromatic carbocycles. The van der Waals surface area contributed by atoms with Gasteiger partial charge in [0.05, 0.1) is 13.2 Å². The highest BCUT2D eigenvalue weighted by Crippen LogP contribution is 2.42. The fraction of sp³-hybridized carbons (Fsp3) is 0.400. The molecule has 2 N–H and O–H groups in total. The first-order valence-electron chi connectivity index (χ1n) is 8.90. The Kier molecular flexibility index (Phi) is 5.66. The minimum Gasteiger partial charge on any atom is -0.388 e. The Morgan fingerprint density at radius 1 is 0.750 bits per heavy atom. The van der Waals surface area contributed by atoms with E-state index in [1.807, 2.05) is 12.1 Å². The summed E-state index contributed by atoms with van der Waals surface area (Å²) in [6.07, 6.45) is -4.53. The van der Waals surface area contributed by atoms with Gasteiger partial charge in [0.25, 0.3) is 10.5 Å². The van der Waals surface area contributed by atoms with Gasteiger partial charge in [-0.2, -0.15) is 0 Å². The van der Waals surface area contributed by atoms with Crippen molar-refractivity contribution in [3.8, 4) is 0 Å². The van der Waals surface area contributed by atoms with Crippen LogP contribution in [0, 0.1) is 0 Å². The maximum absolute atomic E-state index is 10.8. The van der Waals surface area contributed by atoms with Crippen LogP contribution < -0.4 is 0 Å². The molecule has 2 aromatic rings. The molecule has 8 heteroatoms. The number of alkyl halides is 2. The SMILES string of the molecule is O[C@@H]1[C@H]2OC(Cl)(c3ccccc3)OC[C@@H]1OC(Cl)(c1ccccc1)OC[C@H]2O. The van der Waals surface area contributed by atoms with Crippen LogP contribution in [-0.4, -0.2) is 47.8 Å². The molecule has 2 heterocycles. The molecule has 0 aliphatic carbocycles. The quantitative estimate of drug-likeness (QED) is 0.718. The number of rotatable bonds is 2. The number of ether oxygens (including phenoxy) is 4. The van der Waals surface area contributed by atoms with E-state index in [-0.39, 0.29) is 13.2 Å². The average molecular weight is 427 g/mol. The van der Waals surface area contributed by atoms with Crippen LogP contribution in [0.15, 0.2) is 60.7 Å². The maximum atomic E-state index is 10.8. The van der Waals surface area contributed by atoms with Gasteiger partial charge in [-0.05, 0) is 0 Å². The molecule has 2 bridgehead atoms. The van der Waals surface area contributed by atoms with Gasteiger partial charge in [0.2, 0.25) is 0 Å². The van der Waals surface area contributed by atoms with Crippen LogP contribution in [-0.2, 0) is 29.4 Å². The Labute approximate surface area is 172 Å². The molecule has 0 amide bonds. The summed E-state index contributed by atoms with van der Waals surface area (Å²) in [4.78, 5) is 0. The highest BCUT2D eigenvalue weighted by atomic mass is 35.5. The molecular formula is C20H20Cl2O6. The minimum atomic E-state index is -1.70. The van der Waals surface area contributed by atoms with Crippen LogP contribution in [0.5, 0.6) is 0 Å². The number of hydrogen-bond donors (Lipinski definition) is 2. The van der Waals surface area contributed by atoms with E-state index < -0.39 is 34.9 Å². The van der Waals surface area contributed by atoms with Gasteiger partial charge in [-0.1, -0.05) is 83.9 Å². The second-order valence-corrected chi connectivity index (χ2v) is 7.72. The lowest BCUT2D eigenvalue weighted by molar-refractivity contribution is -0.276. The Bertz CT molecular complexity index is 754. The third-order valence-electron chi connectivity index (χ3n) is 4.80. The predicted molar refractivity (Wildman–Crippen MR) is 102 cm³/mol. The van der Waals surface area contributed by atoms with Crippen LogP contribution in [0.4, 0.5) is 0 Å². The van der Waals surface area contributed by atoms with Gasteiger partial charge >= 0.3 is 0 Å². The normalized spacial score (nSPS) is 38.9. The zero-order valence-corrected chi connectivity index (χ0v) is 16.3. The molecule has 6 atom stereocenters. The van der Waals surface area contributed by atoms with E-state index >= 15 is 0 Å². The number of aliphatic hydroxyl groups is 2. The summed E-state index contributed by atoms with van der Waals surface area (Å²) in [7, 11) is 0. The summed E-state index contributed by atoms with van der Waals surface area (Å²) in [5.74, 6) is 0. The van der Waals surface area contributed by atoms with E-state index in [9.17, 15) is 10.2 Å². The standard InChI is InChI=1S/C20H20Cl2O6/c21-19(13-7-3-1-4-8-13)25-11-15(23)18-17(24)16(27-19)12-26-20(22,28-18)14-9-5-2-6-10-14/h1-10,15-18,23-24H,11-12H2/t15-,16+,17+,18+,19?,20?/m1/s1. The maximum Gasteiger partial charge on any atom is 0.276 e. The third kappa shape index (κ3) is 3.79. The lowest BCUT2D eigenvalue weighted by Crippen LogP contribution is -2.54. The topological polar surface area (TPSA) is 77.4 Å². The summed E-state index contributed by atoms with van der Waals surface area (Å²) in [5, 5.41) is 18.1. The van der Waals surface area contributed by atoms with Crippen molar-refractivity contribution in [2.75, 3.05) is 13.2 Å². The van der Waals surface area contributed by atoms with Gasteiger partial charge < -0.3 is 29.2 Å². The number of fused-ring (bicyclic) bond motifs is 2. The van der Waals surface area contributed by atoms with E-state index in [0.717, 1.165) is 0 Å². The molecule has 2 unspecified atom stereocenters. The molecule has 2 saturated heterocycles. The molecule has 0 spiro atoms. The van der Waals surface area contributed by atoms with Crippen molar-refractivity contribution in [3.63, 3.8) is 0 Å². The number of benzene rings is 2. The van der Waals surface area contributed by atoms with Crippen molar-refractivity contribution >= 4 is 23.2 Å². The molecular weight excluding hydrogens is 407 g/mol.